The molecule has 4 heteroatoms. The van der Waals surface area contributed by atoms with Gasteiger partial charge in [0, 0.05) is 38.4 Å². The molecule has 0 bridgehead atoms. The maximum atomic E-state index is 5.50. The van der Waals surface area contributed by atoms with E-state index in [-0.39, 0.29) is 0 Å². The Bertz CT molecular complexity index is 646. The van der Waals surface area contributed by atoms with Gasteiger partial charge in [-0.25, -0.2) is 0 Å². The zero-order valence-electron chi connectivity index (χ0n) is 14.9. The number of para-hydroxylation sites is 2. The Hall–Kier alpha value is -2.20. The number of nitrogens with zero attached hydrogens (tertiary/aromatic N) is 3. The number of anilines is 2. The number of benzene rings is 2. The summed E-state index contributed by atoms with van der Waals surface area (Å²) in [6.07, 6.45) is 0. The number of rotatable bonds is 5. The van der Waals surface area contributed by atoms with Gasteiger partial charge in [0.25, 0.3) is 0 Å². The first kappa shape index (κ1) is 16.7. The van der Waals surface area contributed by atoms with Crippen molar-refractivity contribution in [3.05, 3.63) is 54.1 Å². The molecule has 0 amide bonds. The van der Waals surface area contributed by atoms with Gasteiger partial charge in [0.05, 0.1) is 12.8 Å². The number of hydrogen-bond acceptors (Lipinski definition) is 4. The van der Waals surface area contributed by atoms with Crippen LogP contribution in [-0.4, -0.2) is 52.3 Å². The van der Waals surface area contributed by atoms with Crippen LogP contribution in [0.25, 0.3) is 0 Å². The van der Waals surface area contributed by atoms with Crippen LogP contribution in [0.5, 0.6) is 5.75 Å². The van der Waals surface area contributed by atoms with Gasteiger partial charge in [-0.3, -0.25) is 0 Å². The van der Waals surface area contributed by atoms with Crippen LogP contribution in [0.2, 0.25) is 0 Å². The van der Waals surface area contributed by atoms with Crippen molar-refractivity contribution >= 4 is 11.4 Å². The molecule has 0 N–H and O–H groups in total. The van der Waals surface area contributed by atoms with Gasteiger partial charge in [-0.2, -0.15) is 0 Å². The van der Waals surface area contributed by atoms with Gasteiger partial charge < -0.3 is 19.4 Å². The topological polar surface area (TPSA) is 19.0 Å². The molecule has 1 fully saturated rings. The van der Waals surface area contributed by atoms with Crippen LogP contribution in [-0.2, 0) is 6.54 Å². The van der Waals surface area contributed by atoms with Crippen LogP contribution in [0.1, 0.15) is 5.56 Å². The lowest BCUT2D eigenvalue weighted by atomic mass is 10.1. The predicted molar refractivity (Wildman–Crippen MR) is 101 cm³/mol. The van der Waals surface area contributed by atoms with E-state index in [0.29, 0.717) is 0 Å². The number of piperazine rings is 1. The Morgan fingerprint density at radius 3 is 2.12 bits per heavy atom. The lowest BCUT2D eigenvalue weighted by molar-refractivity contribution is 0.402. The van der Waals surface area contributed by atoms with E-state index in [1.807, 2.05) is 12.1 Å². The highest BCUT2D eigenvalue weighted by Gasteiger charge is 2.19. The Balaban J connectivity index is 1.62. The zero-order valence-corrected chi connectivity index (χ0v) is 14.9. The van der Waals surface area contributed by atoms with E-state index in [0.717, 1.165) is 38.5 Å². The third-order valence-electron chi connectivity index (χ3n) is 4.51. The van der Waals surface area contributed by atoms with Crippen molar-refractivity contribution in [3.63, 3.8) is 0 Å². The average molecular weight is 325 g/mol. The zero-order chi connectivity index (χ0) is 16.9. The van der Waals surface area contributed by atoms with E-state index >= 15 is 0 Å². The third-order valence-corrected chi connectivity index (χ3v) is 4.51. The molecule has 1 heterocycles. The summed E-state index contributed by atoms with van der Waals surface area (Å²) in [5, 5.41) is 0. The molecule has 1 aliphatic rings. The molecular weight excluding hydrogens is 298 g/mol. The molecule has 0 aliphatic carbocycles. The minimum atomic E-state index is 0.957. The van der Waals surface area contributed by atoms with Crippen molar-refractivity contribution < 1.29 is 4.74 Å². The number of hydrogen-bond donors (Lipinski definition) is 0. The van der Waals surface area contributed by atoms with Crippen LogP contribution >= 0.6 is 0 Å². The first-order chi connectivity index (χ1) is 11.7. The smallest absolute Gasteiger partial charge is 0.142 e. The Morgan fingerprint density at radius 1 is 0.875 bits per heavy atom. The molecule has 0 saturated carbocycles. The molecule has 128 valence electrons. The molecule has 0 unspecified atom stereocenters. The standard InChI is InChI=1S/C20H27N3O/c1-21(2)16-17-8-10-18(11-9-17)22-12-14-23(15-13-22)19-6-4-5-7-20(19)24-3/h4-11H,12-16H2,1-3H3. The molecule has 0 atom stereocenters. The Labute approximate surface area is 145 Å². The fourth-order valence-corrected chi connectivity index (χ4v) is 3.27. The fraction of sp³-hybridized carbons (Fsp3) is 0.400. The van der Waals surface area contributed by atoms with Gasteiger partial charge in [0.2, 0.25) is 0 Å². The van der Waals surface area contributed by atoms with Crippen molar-refractivity contribution in [2.24, 2.45) is 0 Å². The fourth-order valence-electron chi connectivity index (χ4n) is 3.27. The highest BCUT2D eigenvalue weighted by atomic mass is 16.5. The number of methoxy groups -OCH3 is 1. The predicted octanol–water partition coefficient (Wildman–Crippen LogP) is 3.08. The average Bonchev–Trinajstić information content (AvgIpc) is 2.62. The minimum absolute atomic E-state index is 0.957. The highest BCUT2D eigenvalue weighted by Crippen LogP contribution is 2.29. The monoisotopic (exact) mass is 325 g/mol. The van der Waals surface area contributed by atoms with Crippen LogP contribution in [0, 0.1) is 0 Å². The van der Waals surface area contributed by atoms with Crippen LogP contribution in [0.3, 0.4) is 0 Å². The van der Waals surface area contributed by atoms with E-state index in [4.69, 9.17) is 4.74 Å². The molecule has 4 nitrogen and oxygen atoms in total. The Morgan fingerprint density at radius 2 is 1.50 bits per heavy atom. The maximum Gasteiger partial charge on any atom is 0.142 e. The van der Waals surface area contributed by atoms with E-state index in [9.17, 15) is 0 Å². The molecule has 2 aromatic rings. The summed E-state index contributed by atoms with van der Waals surface area (Å²) in [5.74, 6) is 0.957. The van der Waals surface area contributed by atoms with Gasteiger partial charge >= 0.3 is 0 Å². The molecule has 3 rings (SSSR count). The van der Waals surface area contributed by atoms with Crippen LogP contribution in [0.15, 0.2) is 48.5 Å². The molecule has 0 spiro atoms. The molecule has 1 saturated heterocycles. The summed E-state index contributed by atoms with van der Waals surface area (Å²) in [6, 6.07) is 17.2. The van der Waals surface area contributed by atoms with E-state index < -0.39 is 0 Å². The molecule has 1 aliphatic heterocycles. The molecule has 0 aromatic heterocycles. The summed E-state index contributed by atoms with van der Waals surface area (Å²) in [6.45, 7) is 5.08. The van der Waals surface area contributed by atoms with Crippen molar-refractivity contribution in [1.29, 1.82) is 0 Å². The third kappa shape index (κ3) is 3.82. The van der Waals surface area contributed by atoms with Gasteiger partial charge in [-0.05, 0) is 43.9 Å². The minimum Gasteiger partial charge on any atom is -0.495 e. The van der Waals surface area contributed by atoms with Gasteiger partial charge in [0.15, 0.2) is 0 Å². The van der Waals surface area contributed by atoms with Crippen LogP contribution in [0.4, 0.5) is 11.4 Å². The van der Waals surface area contributed by atoms with E-state index in [1.54, 1.807) is 7.11 Å². The molecule has 0 radical (unpaired) electrons. The SMILES string of the molecule is COc1ccccc1N1CCN(c2ccc(CN(C)C)cc2)CC1. The summed E-state index contributed by atoms with van der Waals surface area (Å²) in [4.78, 5) is 7.07. The molecule has 2 aromatic carbocycles. The van der Waals surface area contributed by atoms with Crippen molar-refractivity contribution in [2.75, 3.05) is 57.2 Å². The summed E-state index contributed by atoms with van der Waals surface area (Å²) < 4.78 is 5.50. The van der Waals surface area contributed by atoms with Crippen molar-refractivity contribution in [1.82, 2.24) is 4.90 Å². The second kappa shape index (κ2) is 7.58. The molecule has 24 heavy (non-hydrogen) atoms. The largest absolute Gasteiger partial charge is 0.495 e. The second-order valence-electron chi connectivity index (χ2n) is 6.55. The normalized spacial score (nSPS) is 15.0. The lowest BCUT2D eigenvalue weighted by Crippen LogP contribution is -2.46. The quantitative estimate of drug-likeness (QED) is 0.841. The highest BCUT2D eigenvalue weighted by molar-refractivity contribution is 5.60. The lowest BCUT2D eigenvalue weighted by Gasteiger charge is -2.37. The first-order valence-corrected chi connectivity index (χ1v) is 8.54. The first-order valence-electron chi connectivity index (χ1n) is 8.54. The maximum absolute atomic E-state index is 5.50. The Kier molecular flexibility index (Phi) is 5.26. The second-order valence-corrected chi connectivity index (χ2v) is 6.55. The molecular formula is C20H27N3O. The van der Waals surface area contributed by atoms with Gasteiger partial charge in [-0.1, -0.05) is 24.3 Å². The van der Waals surface area contributed by atoms with E-state index in [1.165, 1.54) is 16.9 Å². The number of ether oxygens (including phenoxy) is 1. The summed E-state index contributed by atoms with van der Waals surface area (Å²) in [7, 11) is 5.94. The van der Waals surface area contributed by atoms with Crippen molar-refractivity contribution in [3.8, 4) is 5.75 Å². The van der Waals surface area contributed by atoms with Gasteiger partial charge in [0.1, 0.15) is 5.75 Å². The van der Waals surface area contributed by atoms with Crippen molar-refractivity contribution in [2.45, 2.75) is 6.54 Å². The van der Waals surface area contributed by atoms with E-state index in [2.05, 4.69) is 65.2 Å². The van der Waals surface area contributed by atoms with Crippen LogP contribution < -0.4 is 14.5 Å². The summed E-state index contributed by atoms with van der Waals surface area (Å²) >= 11 is 0. The van der Waals surface area contributed by atoms with Gasteiger partial charge in [-0.15, -0.1) is 0 Å². The summed E-state index contributed by atoms with van der Waals surface area (Å²) in [5.41, 5.74) is 3.87.